The van der Waals surface area contributed by atoms with Gasteiger partial charge in [-0.25, -0.2) is 13.6 Å². The molecule has 2 amide bonds. The normalized spacial score (nSPS) is 10.2. The smallest absolute Gasteiger partial charge is 0.411 e. The second-order valence-corrected chi connectivity index (χ2v) is 5.37. The van der Waals surface area contributed by atoms with Gasteiger partial charge in [-0.3, -0.25) is 10.1 Å². The highest BCUT2D eigenvalue weighted by molar-refractivity contribution is 5.94. The largest absolute Gasteiger partial charge is 0.447 e. The summed E-state index contributed by atoms with van der Waals surface area (Å²) in [5.41, 5.74) is 1.20. The van der Waals surface area contributed by atoms with Gasteiger partial charge in [0.15, 0.2) is 11.6 Å². The Balaban J connectivity index is 1.83. The molecule has 0 radical (unpaired) electrons. The first-order valence-corrected chi connectivity index (χ1v) is 7.99. The van der Waals surface area contributed by atoms with Gasteiger partial charge in [0.25, 0.3) is 0 Å². The molecule has 2 rings (SSSR count). The number of hydrogen-bond donors (Lipinski definition) is 3. The SMILES string of the molecule is COCCOC(=O)Nc1cccc(NCC(=O)Nc2ccc(F)c(F)c2)c1. The lowest BCUT2D eigenvalue weighted by Gasteiger charge is -2.10. The Labute approximate surface area is 154 Å². The third-order valence-electron chi connectivity index (χ3n) is 3.29. The Morgan fingerprint density at radius 1 is 0.926 bits per heavy atom. The van der Waals surface area contributed by atoms with Gasteiger partial charge in [0.2, 0.25) is 5.91 Å². The standard InChI is InChI=1S/C18H19F2N3O4/c1-26-7-8-27-18(25)23-13-4-2-3-12(9-13)21-11-17(24)22-14-5-6-15(19)16(20)10-14/h2-6,9-10,21H,7-8,11H2,1H3,(H,22,24)(H,23,25). The van der Waals surface area contributed by atoms with E-state index in [2.05, 4.69) is 16.0 Å². The summed E-state index contributed by atoms with van der Waals surface area (Å²) < 4.78 is 35.7. The average molecular weight is 379 g/mol. The third kappa shape index (κ3) is 6.90. The van der Waals surface area contributed by atoms with Gasteiger partial charge in [0.05, 0.1) is 13.2 Å². The number of nitrogens with one attached hydrogen (secondary N) is 3. The van der Waals surface area contributed by atoms with Crippen LogP contribution >= 0.6 is 0 Å². The monoisotopic (exact) mass is 379 g/mol. The van der Waals surface area contributed by atoms with Crippen LogP contribution in [-0.4, -0.2) is 38.9 Å². The highest BCUT2D eigenvalue weighted by atomic mass is 19.2. The maximum atomic E-state index is 13.1. The van der Waals surface area contributed by atoms with Crippen molar-refractivity contribution >= 4 is 29.1 Å². The van der Waals surface area contributed by atoms with Gasteiger partial charge in [0, 0.05) is 30.2 Å². The Kier molecular flexibility index (Phi) is 7.50. The van der Waals surface area contributed by atoms with Crippen LogP contribution in [0.5, 0.6) is 0 Å². The van der Waals surface area contributed by atoms with Crippen LogP contribution in [0.1, 0.15) is 0 Å². The molecule has 3 N–H and O–H groups in total. The topological polar surface area (TPSA) is 88.7 Å². The number of anilines is 3. The highest BCUT2D eigenvalue weighted by Crippen LogP contribution is 2.16. The van der Waals surface area contributed by atoms with Gasteiger partial charge in [-0.05, 0) is 30.3 Å². The van der Waals surface area contributed by atoms with Crippen molar-refractivity contribution in [3.05, 3.63) is 54.1 Å². The predicted molar refractivity (Wildman–Crippen MR) is 96.8 cm³/mol. The van der Waals surface area contributed by atoms with E-state index >= 15 is 0 Å². The molecule has 0 heterocycles. The van der Waals surface area contributed by atoms with Crippen LogP contribution in [0.3, 0.4) is 0 Å². The van der Waals surface area contributed by atoms with Crippen LogP contribution in [0.2, 0.25) is 0 Å². The molecule has 7 nitrogen and oxygen atoms in total. The van der Waals surface area contributed by atoms with E-state index in [4.69, 9.17) is 9.47 Å². The lowest BCUT2D eigenvalue weighted by Crippen LogP contribution is -2.22. The lowest BCUT2D eigenvalue weighted by molar-refractivity contribution is -0.114. The number of halogens is 2. The first kappa shape index (κ1) is 20.1. The number of benzene rings is 2. The van der Waals surface area contributed by atoms with E-state index in [1.807, 2.05) is 0 Å². The molecule has 9 heteroatoms. The quantitative estimate of drug-likeness (QED) is 0.613. The molecule has 0 bridgehead atoms. The number of carbonyl (C=O) groups is 2. The van der Waals surface area contributed by atoms with Gasteiger partial charge < -0.3 is 20.1 Å². The van der Waals surface area contributed by atoms with Gasteiger partial charge in [-0.1, -0.05) is 6.07 Å². The van der Waals surface area contributed by atoms with Gasteiger partial charge in [0.1, 0.15) is 6.61 Å². The van der Waals surface area contributed by atoms with Crippen molar-refractivity contribution < 1.29 is 27.8 Å². The summed E-state index contributed by atoms with van der Waals surface area (Å²) in [6.45, 7) is 0.313. The van der Waals surface area contributed by atoms with Crippen LogP contribution in [0.15, 0.2) is 42.5 Å². The molecule has 0 spiro atoms. The summed E-state index contributed by atoms with van der Waals surface area (Å²) in [5, 5.41) is 7.86. The third-order valence-corrected chi connectivity index (χ3v) is 3.29. The Morgan fingerprint density at radius 3 is 2.41 bits per heavy atom. The summed E-state index contributed by atoms with van der Waals surface area (Å²) in [4.78, 5) is 23.5. The number of methoxy groups -OCH3 is 1. The van der Waals surface area contributed by atoms with Crippen molar-refractivity contribution in [3.63, 3.8) is 0 Å². The number of rotatable bonds is 8. The highest BCUT2D eigenvalue weighted by Gasteiger charge is 2.07. The van der Waals surface area contributed by atoms with Crippen molar-refractivity contribution in [2.75, 3.05) is 42.8 Å². The summed E-state index contributed by atoms with van der Waals surface area (Å²) in [6.07, 6.45) is -0.625. The molecule has 0 saturated carbocycles. The zero-order valence-electron chi connectivity index (χ0n) is 14.6. The summed E-state index contributed by atoms with van der Waals surface area (Å²) in [6, 6.07) is 9.74. The zero-order chi connectivity index (χ0) is 19.6. The van der Waals surface area contributed by atoms with Crippen molar-refractivity contribution in [2.24, 2.45) is 0 Å². The zero-order valence-corrected chi connectivity index (χ0v) is 14.6. The number of ether oxygens (including phenoxy) is 2. The molecule has 0 aliphatic heterocycles. The fourth-order valence-electron chi connectivity index (χ4n) is 2.04. The van der Waals surface area contributed by atoms with Gasteiger partial charge in [-0.2, -0.15) is 0 Å². The van der Waals surface area contributed by atoms with Crippen molar-refractivity contribution in [1.82, 2.24) is 0 Å². The Morgan fingerprint density at radius 2 is 1.67 bits per heavy atom. The molecule has 27 heavy (non-hydrogen) atoms. The second kappa shape index (κ2) is 10.1. The van der Waals surface area contributed by atoms with Crippen molar-refractivity contribution in [1.29, 1.82) is 0 Å². The van der Waals surface area contributed by atoms with E-state index in [9.17, 15) is 18.4 Å². The van der Waals surface area contributed by atoms with Crippen LogP contribution in [0, 0.1) is 11.6 Å². The maximum Gasteiger partial charge on any atom is 0.411 e. The van der Waals surface area contributed by atoms with E-state index in [1.54, 1.807) is 24.3 Å². The number of carbonyl (C=O) groups excluding carboxylic acids is 2. The summed E-state index contributed by atoms with van der Waals surface area (Å²) in [7, 11) is 1.50. The molecule has 0 aliphatic rings. The van der Waals surface area contributed by atoms with E-state index in [-0.39, 0.29) is 18.8 Å². The van der Waals surface area contributed by atoms with Crippen LogP contribution in [0.25, 0.3) is 0 Å². The maximum absolute atomic E-state index is 13.1. The Hall–Kier alpha value is -3.20. The number of amides is 2. The molecule has 0 aromatic heterocycles. The minimum atomic E-state index is -1.04. The molecule has 0 unspecified atom stereocenters. The van der Waals surface area contributed by atoms with Gasteiger partial charge in [-0.15, -0.1) is 0 Å². The fourth-order valence-corrected chi connectivity index (χ4v) is 2.04. The molecule has 0 atom stereocenters. The molecule has 2 aromatic rings. The molecule has 0 aliphatic carbocycles. The molecule has 144 valence electrons. The molecule has 0 saturated heterocycles. The minimum absolute atomic E-state index is 0.110. The minimum Gasteiger partial charge on any atom is -0.447 e. The fraction of sp³-hybridized carbons (Fsp3) is 0.222. The van der Waals surface area contributed by atoms with Crippen LogP contribution in [-0.2, 0) is 14.3 Å². The van der Waals surface area contributed by atoms with E-state index in [0.717, 1.165) is 12.1 Å². The molecular weight excluding hydrogens is 360 g/mol. The van der Waals surface area contributed by atoms with Crippen LogP contribution < -0.4 is 16.0 Å². The average Bonchev–Trinajstić information content (AvgIpc) is 2.64. The van der Waals surface area contributed by atoms with E-state index in [1.165, 1.54) is 13.2 Å². The van der Waals surface area contributed by atoms with Crippen LogP contribution in [0.4, 0.5) is 30.6 Å². The summed E-state index contributed by atoms with van der Waals surface area (Å²) >= 11 is 0. The molecule has 0 fully saturated rings. The Bertz CT molecular complexity index is 802. The first-order valence-electron chi connectivity index (χ1n) is 7.99. The lowest BCUT2D eigenvalue weighted by atomic mass is 10.2. The van der Waals surface area contributed by atoms with Crippen molar-refractivity contribution in [3.8, 4) is 0 Å². The molecule has 2 aromatic carbocycles. The summed E-state index contributed by atoms with van der Waals surface area (Å²) in [5.74, 6) is -2.48. The predicted octanol–water partition coefficient (Wildman–Crippen LogP) is 3.21. The second-order valence-electron chi connectivity index (χ2n) is 5.37. The number of hydrogen-bond acceptors (Lipinski definition) is 5. The van der Waals surface area contributed by atoms with Gasteiger partial charge >= 0.3 is 6.09 Å². The first-order chi connectivity index (χ1) is 13.0. The van der Waals surface area contributed by atoms with E-state index < -0.39 is 23.6 Å². The molecular formula is C18H19F2N3O4. The van der Waals surface area contributed by atoms with E-state index in [0.29, 0.717) is 18.0 Å². The van der Waals surface area contributed by atoms with Crippen molar-refractivity contribution in [2.45, 2.75) is 0 Å².